The van der Waals surface area contributed by atoms with E-state index in [0.29, 0.717) is 0 Å². The van der Waals surface area contributed by atoms with Crippen LogP contribution in [0.4, 0.5) is 0 Å². The number of nitrogens with one attached hydrogen (secondary N) is 2. The van der Waals surface area contributed by atoms with Gasteiger partial charge >= 0.3 is 0 Å². The molecule has 30 heavy (non-hydrogen) atoms. The van der Waals surface area contributed by atoms with Crippen LogP contribution in [0.15, 0.2) is 54.7 Å². The Hall–Kier alpha value is -3.38. The Labute approximate surface area is 174 Å². The summed E-state index contributed by atoms with van der Waals surface area (Å²) in [4.78, 5) is 19.3. The van der Waals surface area contributed by atoms with Gasteiger partial charge in [-0.25, -0.2) is 9.97 Å². The van der Waals surface area contributed by atoms with Crippen LogP contribution in [0.25, 0.3) is 21.9 Å². The van der Waals surface area contributed by atoms with E-state index in [2.05, 4.69) is 80.0 Å². The quantitative estimate of drug-likeness (QED) is 0.480. The maximum Gasteiger partial charge on any atom is 0.133 e. The van der Waals surface area contributed by atoms with Crippen molar-refractivity contribution in [3.05, 3.63) is 83.3 Å². The van der Waals surface area contributed by atoms with E-state index in [1.807, 2.05) is 13.1 Å². The van der Waals surface area contributed by atoms with E-state index in [4.69, 9.17) is 4.98 Å². The second-order valence-corrected chi connectivity index (χ2v) is 8.22. The fraction of sp³-hybridized carbons (Fsp3) is 0.250. The number of benzene rings is 2. The number of rotatable bonds is 3. The van der Waals surface area contributed by atoms with Gasteiger partial charge in [0.2, 0.25) is 0 Å². The van der Waals surface area contributed by atoms with E-state index in [-0.39, 0.29) is 6.04 Å². The van der Waals surface area contributed by atoms with Gasteiger partial charge in [0.1, 0.15) is 17.7 Å². The maximum absolute atomic E-state index is 5.07. The summed E-state index contributed by atoms with van der Waals surface area (Å²) >= 11 is 0. The number of imidazole rings is 2. The highest BCUT2D eigenvalue weighted by Crippen LogP contribution is 2.39. The van der Waals surface area contributed by atoms with Gasteiger partial charge in [-0.1, -0.05) is 30.3 Å². The zero-order valence-electron chi connectivity index (χ0n) is 17.2. The summed E-state index contributed by atoms with van der Waals surface area (Å²) in [7, 11) is 2.12. The highest BCUT2D eigenvalue weighted by molar-refractivity contribution is 5.85. The molecule has 6 rings (SSSR count). The average Bonchev–Trinajstić information content (AvgIpc) is 3.44. The Morgan fingerprint density at radius 1 is 1.07 bits per heavy atom. The number of H-pyrrole nitrogens is 2. The first-order valence-electron chi connectivity index (χ1n) is 10.4. The van der Waals surface area contributed by atoms with E-state index in [9.17, 15) is 0 Å². The molecule has 0 radical (unpaired) electrons. The molecule has 1 aliphatic rings. The van der Waals surface area contributed by atoms with Crippen molar-refractivity contribution < 1.29 is 0 Å². The molecular weight excluding hydrogens is 372 g/mol. The van der Waals surface area contributed by atoms with Gasteiger partial charge < -0.3 is 14.5 Å². The molecule has 6 nitrogen and oxygen atoms in total. The number of fused-ring (bicyclic) bond motifs is 4. The van der Waals surface area contributed by atoms with Gasteiger partial charge in [-0.15, -0.1) is 0 Å². The third kappa shape index (κ3) is 2.60. The van der Waals surface area contributed by atoms with Gasteiger partial charge in [0.15, 0.2) is 0 Å². The minimum absolute atomic E-state index is 0.0453. The molecule has 150 valence electrons. The number of aryl methyl sites for hydroxylation is 2. The molecule has 0 amide bonds. The Morgan fingerprint density at radius 3 is 2.73 bits per heavy atom. The standard InChI is InChI=1S/C24H24N6/c1-15-13-25-21(26-15)14-30-12-11-17-16-7-3-4-8-18(16)27-22(17)23(30)24-28-19-9-5-6-10-20(19)29(24)2/h3-10,13,23,27H,11-12,14H2,1-2H3,(H,25,26)/t23-/m1/s1. The Balaban J connectivity index is 1.54. The number of aromatic nitrogens is 5. The van der Waals surface area contributed by atoms with Crippen LogP contribution in [0.3, 0.4) is 0 Å². The van der Waals surface area contributed by atoms with Crippen molar-refractivity contribution in [3.8, 4) is 0 Å². The van der Waals surface area contributed by atoms with Crippen molar-refractivity contribution in [3.63, 3.8) is 0 Å². The van der Waals surface area contributed by atoms with Crippen LogP contribution >= 0.6 is 0 Å². The van der Waals surface area contributed by atoms with Crippen molar-refractivity contribution in [1.82, 2.24) is 29.4 Å². The number of aromatic amines is 2. The molecule has 0 saturated heterocycles. The molecule has 6 heteroatoms. The summed E-state index contributed by atoms with van der Waals surface area (Å²) in [6.45, 7) is 3.77. The molecule has 0 saturated carbocycles. The van der Waals surface area contributed by atoms with Gasteiger partial charge in [-0.3, -0.25) is 4.90 Å². The molecule has 0 unspecified atom stereocenters. The first-order chi connectivity index (χ1) is 14.7. The first-order valence-corrected chi connectivity index (χ1v) is 10.4. The van der Waals surface area contributed by atoms with Crippen LogP contribution in [-0.2, 0) is 20.0 Å². The number of hydrogen-bond donors (Lipinski definition) is 2. The predicted octanol–water partition coefficient (Wildman–Crippen LogP) is 4.23. The van der Waals surface area contributed by atoms with E-state index in [0.717, 1.165) is 47.9 Å². The molecule has 1 atom stereocenters. The van der Waals surface area contributed by atoms with Crippen molar-refractivity contribution in [2.45, 2.75) is 25.9 Å². The van der Waals surface area contributed by atoms with Gasteiger partial charge in [-0.05, 0) is 37.1 Å². The maximum atomic E-state index is 5.07. The third-order valence-corrected chi connectivity index (χ3v) is 6.31. The fourth-order valence-corrected chi connectivity index (χ4v) is 4.90. The third-order valence-electron chi connectivity index (χ3n) is 6.31. The SMILES string of the molecule is Cc1cnc(CN2CCc3c([nH]c4ccccc34)[C@@H]2c2nc3ccccc3n2C)[nH]1. The lowest BCUT2D eigenvalue weighted by Gasteiger charge is -2.34. The fourth-order valence-electron chi connectivity index (χ4n) is 4.90. The van der Waals surface area contributed by atoms with Crippen LogP contribution in [0.5, 0.6) is 0 Å². The molecule has 4 heterocycles. The van der Waals surface area contributed by atoms with Crippen molar-refractivity contribution in [2.75, 3.05) is 6.54 Å². The molecule has 5 aromatic rings. The highest BCUT2D eigenvalue weighted by Gasteiger charge is 2.35. The molecule has 0 bridgehead atoms. The Kier molecular flexibility index (Phi) is 3.83. The van der Waals surface area contributed by atoms with Crippen LogP contribution < -0.4 is 0 Å². The monoisotopic (exact) mass is 396 g/mol. The molecule has 2 N–H and O–H groups in total. The van der Waals surface area contributed by atoms with E-state index in [1.165, 1.54) is 22.2 Å². The minimum Gasteiger partial charge on any atom is -0.356 e. The van der Waals surface area contributed by atoms with Gasteiger partial charge in [0.25, 0.3) is 0 Å². The minimum atomic E-state index is 0.0453. The Bertz CT molecular complexity index is 1370. The largest absolute Gasteiger partial charge is 0.356 e. The van der Waals surface area contributed by atoms with Gasteiger partial charge in [0, 0.05) is 42.1 Å². The van der Waals surface area contributed by atoms with Crippen LogP contribution in [-0.4, -0.2) is 35.9 Å². The Morgan fingerprint density at radius 2 is 1.90 bits per heavy atom. The van der Waals surface area contributed by atoms with E-state index in [1.54, 1.807) is 0 Å². The number of para-hydroxylation sites is 3. The van der Waals surface area contributed by atoms with E-state index >= 15 is 0 Å². The van der Waals surface area contributed by atoms with Gasteiger partial charge in [-0.2, -0.15) is 0 Å². The summed E-state index contributed by atoms with van der Waals surface area (Å²) in [6.07, 6.45) is 2.91. The lowest BCUT2D eigenvalue weighted by atomic mass is 9.96. The summed E-state index contributed by atoms with van der Waals surface area (Å²) < 4.78 is 2.24. The molecule has 0 fully saturated rings. The van der Waals surface area contributed by atoms with Gasteiger partial charge in [0.05, 0.1) is 17.6 Å². The van der Waals surface area contributed by atoms with Crippen molar-refractivity contribution >= 4 is 21.9 Å². The molecule has 0 spiro atoms. The summed E-state index contributed by atoms with van der Waals surface area (Å²) in [5.41, 5.74) is 7.14. The molecule has 3 aromatic heterocycles. The normalized spacial score (nSPS) is 17.1. The molecule has 1 aliphatic heterocycles. The highest BCUT2D eigenvalue weighted by atomic mass is 15.2. The summed E-state index contributed by atoms with van der Waals surface area (Å²) in [5.74, 6) is 2.06. The molecule has 2 aromatic carbocycles. The first kappa shape index (κ1) is 17.5. The van der Waals surface area contributed by atoms with Crippen molar-refractivity contribution in [2.24, 2.45) is 7.05 Å². The summed E-state index contributed by atoms with van der Waals surface area (Å²) in [5, 5.41) is 1.32. The smallest absolute Gasteiger partial charge is 0.133 e. The van der Waals surface area contributed by atoms with E-state index < -0.39 is 0 Å². The average molecular weight is 396 g/mol. The number of hydrogen-bond acceptors (Lipinski definition) is 3. The number of nitrogens with zero attached hydrogens (tertiary/aromatic N) is 4. The van der Waals surface area contributed by atoms with Crippen molar-refractivity contribution in [1.29, 1.82) is 0 Å². The second-order valence-electron chi connectivity index (χ2n) is 8.22. The molecular formula is C24H24N6. The summed E-state index contributed by atoms with van der Waals surface area (Å²) in [6, 6.07) is 17.0. The van der Waals surface area contributed by atoms with Crippen LogP contribution in [0, 0.1) is 6.92 Å². The molecule has 0 aliphatic carbocycles. The van der Waals surface area contributed by atoms with Crippen LogP contribution in [0.2, 0.25) is 0 Å². The topological polar surface area (TPSA) is 65.5 Å². The second kappa shape index (κ2) is 6.57. The lowest BCUT2D eigenvalue weighted by Crippen LogP contribution is -2.37. The zero-order valence-corrected chi connectivity index (χ0v) is 17.2. The lowest BCUT2D eigenvalue weighted by molar-refractivity contribution is 0.188. The zero-order chi connectivity index (χ0) is 20.2. The van der Waals surface area contributed by atoms with Crippen LogP contribution in [0.1, 0.15) is 34.6 Å². The predicted molar refractivity (Wildman–Crippen MR) is 118 cm³/mol.